The highest BCUT2D eigenvalue weighted by atomic mass is 32.2. The quantitative estimate of drug-likeness (QED) is 0.378. The zero-order valence-corrected chi connectivity index (χ0v) is 25.1. The molecule has 0 saturated carbocycles. The van der Waals surface area contributed by atoms with Crippen LogP contribution in [0.15, 0.2) is 42.7 Å². The zero-order valence-electron chi connectivity index (χ0n) is 24.3. The second-order valence-electron chi connectivity index (χ2n) is 11.0. The van der Waals surface area contributed by atoms with Crippen LogP contribution >= 0.6 is 0 Å². The summed E-state index contributed by atoms with van der Waals surface area (Å²) in [6.45, 7) is 11.6. The molecule has 3 aromatic rings. The standard InChI is InChI=1S/C29H37N5O6S/c1-19-7-8-20(13-25(19)40-26-16-22(30-18-31-26)17-34-9-11-39-12-10-34)28(35)32-23-14-21(29(2,3)4)15-24(27(23)38-5)33-41(6,36)37/h7-8,13-16,18,33H,9-12,17H2,1-6H3,(H,32,35). The van der Waals surface area contributed by atoms with Crippen molar-refractivity contribution < 1.29 is 27.4 Å². The van der Waals surface area contributed by atoms with Gasteiger partial charge in [0.15, 0.2) is 5.75 Å². The second kappa shape index (κ2) is 12.4. The Kier molecular flexibility index (Phi) is 9.15. The van der Waals surface area contributed by atoms with E-state index in [4.69, 9.17) is 14.2 Å². The highest BCUT2D eigenvalue weighted by Gasteiger charge is 2.23. The van der Waals surface area contributed by atoms with Gasteiger partial charge in [-0.1, -0.05) is 26.8 Å². The number of carbonyl (C=O) groups excluding carboxylic acids is 1. The minimum Gasteiger partial charge on any atom is -0.492 e. The molecule has 2 N–H and O–H groups in total. The van der Waals surface area contributed by atoms with Crippen molar-refractivity contribution in [2.75, 3.05) is 49.7 Å². The average molecular weight is 584 g/mol. The summed E-state index contributed by atoms with van der Waals surface area (Å²) in [6, 6.07) is 10.4. The number of ether oxygens (including phenoxy) is 3. The van der Waals surface area contributed by atoms with Crippen LogP contribution in [0.25, 0.3) is 0 Å². The minimum atomic E-state index is -3.60. The molecular formula is C29H37N5O6S. The molecule has 1 aromatic heterocycles. The molecule has 2 aromatic carbocycles. The zero-order chi connectivity index (χ0) is 29.8. The van der Waals surface area contributed by atoms with E-state index in [2.05, 4.69) is 24.9 Å². The first-order valence-corrected chi connectivity index (χ1v) is 15.1. The number of aromatic nitrogens is 2. The summed E-state index contributed by atoms with van der Waals surface area (Å²) in [7, 11) is -2.18. The lowest BCUT2D eigenvalue weighted by molar-refractivity contribution is 0.0336. The van der Waals surface area contributed by atoms with Crippen molar-refractivity contribution in [3.63, 3.8) is 0 Å². The average Bonchev–Trinajstić information content (AvgIpc) is 2.89. The van der Waals surface area contributed by atoms with Crippen molar-refractivity contribution in [3.05, 3.63) is 65.1 Å². The van der Waals surface area contributed by atoms with Gasteiger partial charge in [0.1, 0.15) is 12.1 Å². The molecule has 1 saturated heterocycles. The van der Waals surface area contributed by atoms with Gasteiger partial charge in [0.2, 0.25) is 15.9 Å². The molecule has 0 unspecified atom stereocenters. The number of rotatable bonds is 9. The molecule has 11 nitrogen and oxygen atoms in total. The van der Waals surface area contributed by atoms with Crippen LogP contribution in [-0.2, 0) is 26.7 Å². The van der Waals surface area contributed by atoms with Crippen LogP contribution in [0.5, 0.6) is 17.4 Å². The van der Waals surface area contributed by atoms with Crippen LogP contribution in [0.4, 0.5) is 11.4 Å². The highest BCUT2D eigenvalue weighted by molar-refractivity contribution is 7.92. The van der Waals surface area contributed by atoms with Gasteiger partial charge in [-0.25, -0.2) is 18.4 Å². The van der Waals surface area contributed by atoms with Crippen molar-refractivity contribution in [2.24, 2.45) is 0 Å². The molecule has 0 spiro atoms. The number of nitrogens with one attached hydrogen (secondary N) is 2. The molecule has 4 rings (SSSR count). The first-order chi connectivity index (χ1) is 19.3. The van der Waals surface area contributed by atoms with Gasteiger partial charge in [-0.2, -0.15) is 0 Å². The fourth-order valence-electron chi connectivity index (χ4n) is 4.32. The normalized spacial score (nSPS) is 14.4. The van der Waals surface area contributed by atoms with Crippen molar-refractivity contribution >= 4 is 27.3 Å². The van der Waals surface area contributed by atoms with Crippen LogP contribution in [-0.4, -0.2) is 68.9 Å². The third-order valence-electron chi connectivity index (χ3n) is 6.56. The van der Waals surface area contributed by atoms with Gasteiger partial charge in [0.05, 0.1) is 43.6 Å². The van der Waals surface area contributed by atoms with E-state index in [0.717, 1.165) is 36.2 Å². The third kappa shape index (κ3) is 8.15. The van der Waals surface area contributed by atoms with Gasteiger partial charge in [-0.05, 0) is 47.7 Å². The predicted octanol–water partition coefficient (Wildman–Crippen LogP) is 4.34. The maximum absolute atomic E-state index is 13.4. The molecule has 12 heteroatoms. The maximum Gasteiger partial charge on any atom is 0.255 e. The smallest absolute Gasteiger partial charge is 0.255 e. The van der Waals surface area contributed by atoms with Crippen molar-refractivity contribution in [2.45, 2.75) is 39.7 Å². The summed E-state index contributed by atoms with van der Waals surface area (Å²) in [5.41, 5.74) is 3.04. The van der Waals surface area contributed by atoms with Crippen LogP contribution in [0.1, 0.15) is 48.0 Å². The highest BCUT2D eigenvalue weighted by Crippen LogP contribution is 2.39. The Morgan fingerprint density at radius 1 is 1.07 bits per heavy atom. The summed E-state index contributed by atoms with van der Waals surface area (Å²) in [4.78, 5) is 24.3. The number of morpholine rings is 1. The Morgan fingerprint density at radius 2 is 1.78 bits per heavy atom. The second-order valence-corrected chi connectivity index (χ2v) is 12.7. The summed E-state index contributed by atoms with van der Waals surface area (Å²) < 4.78 is 43.6. The largest absolute Gasteiger partial charge is 0.492 e. The maximum atomic E-state index is 13.4. The van der Waals surface area contributed by atoms with E-state index in [1.165, 1.54) is 13.4 Å². The Bertz CT molecular complexity index is 1510. The van der Waals surface area contributed by atoms with Crippen molar-refractivity contribution in [1.82, 2.24) is 14.9 Å². The first-order valence-electron chi connectivity index (χ1n) is 13.2. The van der Waals surface area contributed by atoms with Gasteiger partial charge in [0.25, 0.3) is 5.91 Å². The van der Waals surface area contributed by atoms with E-state index in [1.807, 2.05) is 27.7 Å². The number of amides is 1. The number of hydrogen-bond donors (Lipinski definition) is 2. The van der Waals surface area contributed by atoms with Gasteiger partial charge in [-0.3, -0.25) is 14.4 Å². The fourth-order valence-corrected chi connectivity index (χ4v) is 4.87. The molecule has 2 heterocycles. The molecule has 0 atom stereocenters. The van der Waals surface area contributed by atoms with Gasteiger partial charge in [0, 0.05) is 31.3 Å². The van der Waals surface area contributed by atoms with Crippen molar-refractivity contribution in [3.8, 4) is 17.4 Å². The number of sulfonamides is 1. The van der Waals surface area contributed by atoms with E-state index >= 15 is 0 Å². The molecular weight excluding hydrogens is 546 g/mol. The van der Waals surface area contributed by atoms with Crippen LogP contribution in [0, 0.1) is 6.92 Å². The Morgan fingerprint density at radius 3 is 2.44 bits per heavy atom. The van der Waals surface area contributed by atoms with E-state index in [9.17, 15) is 13.2 Å². The summed E-state index contributed by atoms with van der Waals surface area (Å²) >= 11 is 0. The Hall–Kier alpha value is -3.74. The molecule has 0 bridgehead atoms. The summed E-state index contributed by atoms with van der Waals surface area (Å²) in [5.74, 6) is 0.637. The molecule has 220 valence electrons. The lowest BCUT2D eigenvalue weighted by Gasteiger charge is -2.26. The number of carbonyl (C=O) groups is 1. The van der Waals surface area contributed by atoms with Gasteiger partial charge < -0.3 is 19.5 Å². The topological polar surface area (TPSA) is 132 Å². The van der Waals surface area contributed by atoms with Crippen LogP contribution in [0.2, 0.25) is 0 Å². The lowest BCUT2D eigenvalue weighted by Crippen LogP contribution is -2.35. The van der Waals surface area contributed by atoms with E-state index in [0.29, 0.717) is 42.6 Å². The van der Waals surface area contributed by atoms with Gasteiger partial charge in [-0.15, -0.1) is 0 Å². The third-order valence-corrected chi connectivity index (χ3v) is 7.15. The number of methoxy groups -OCH3 is 1. The molecule has 41 heavy (non-hydrogen) atoms. The molecule has 0 aliphatic carbocycles. The van der Waals surface area contributed by atoms with E-state index in [-0.39, 0.29) is 16.9 Å². The van der Waals surface area contributed by atoms with Crippen LogP contribution < -0.4 is 19.5 Å². The molecule has 1 aliphatic rings. The van der Waals surface area contributed by atoms with Gasteiger partial charge >= 0.3 is 0 Å². The fraction of sp³-hybridized carbons (Fsp3) is 0.414. The molecule has 1 amide bonds. The summed E-state index contributed by atoms with van der Waals surface area (Å²) in [6.07, 6.45) is 2.53. The van der Waals surface area contributed by atoms with Crippen LogP contribution in [0.3, 0.4) is 0 Å². The SMILES string of the molecule is COc1c(NC(=O)c2ccc(C)c(Oc3cc(CN4CCOCC4)ncn3)c2)cc(C(C)(C)C)cc1NS(C)(=O)=O. The summed E-state index contributed by atoms with van der Waals surface area (Å²) in [5, 5.41) is 2.89. The first kappa shape index (κ1) is 30.2. The number of aryl methyl sites for hydroxylation is 1. The monoisotopic (exact) mass is 583 g/mol. The van der Waals surface area contributed by atoms with Crippen molar-refractivity contribution in [1.29, 1.82) is 0 Å². The Balaban J connectivity index is 1.58. The molecule has 0 radical (unpaired) electrons. The van der Waals surface area contributed by atoms with E-state index < -0.39 is 15.9 Å². The lowest BCUT2D eigenvalue weighted by atomic mass is 9.86. The number of benzene rings is 2. The number of nitrogens with zero attached hydrogens (tertiary/aromatic N) is 3. The number of anilines is 2. The molecule has 1 aliphatic heterocycles. The number of hydrogen-bond acceptors (Lipinski definition) is 9. The van der Waals surface area contributed by atoms with E-state index in [1.54, 1.807) is 36.4 Å². The molecule has 1 fully saturated rings. The minimum absolute atomic E-state index is 0.203. The predicted molar refractivity (Wildman–Crippen MR) is 157 cm³/mol. The Labute approximate surface area is 241 Å².